The van der Waals surface area contributed by atoms with E-state index in [1.165, 1.54) is 0 Å². The van der Waals surface area contributed by atoms with Gasteiger partial charge in [-0.3, -0.25) is 0 Å². The largest absolute Gasteiger partial charge is 0.481 e. The van der Waals surface area contributed by atoms with Crippen molar-refractivity contribution in [2.45, 2.75) is 84.7 Å². The van der Waals surface area contributed by atoms with Crippen LogP contribution in [0.1, 0.15) is 82.1 Å². The minimum Gasteiger partial charge on any atom is -0.481 e. The predicted molar refractivity (Wildman–Crippen MR) is 182 cm³/mol. The van der Waals surface area contributed by atoms with Gasteiger partial charge in [-0.2, -0.15) is 9.61 Å². The average Bonchev–Trinajstić information content (AvgIpc) is 3.46. The van der Waals surface area contributed by atoms with Crippen LogP contribution >= 0.6 is 0 Å². The molecule has 0 amide bonds. The molecule has 4 bridgehead atoms. The normalized spacial score (nSPS) is 21.6. The van der Waals surface area contributed by atoms with Crippen LogP contribution in [-0.4, -0.2) is 58.1 Å². The highest BCUT2D eigenvalue weighted by Gasteiger charge is 2.39. The number of piperidine rings is 1. The number of anilines is 1. The molecule has 0 aliphatic carbocycles. The van der Waals surface area contributed by atoms with Gasteiger partial charge in [0.2, 0.25) is 0 Å². The van der Waals surface area contributed by atoms with E-state index in [0.29, 0.717) is 59.2 Å². The minimum atomic E-state index is -1.02. The Morgan fingerprint density at radius 3 is 2.62 bits per heavy atom. The molecule has 4 aromatic rings. The van der Waals surface area contributed by atoms with Gasteiger partial charge in [0.1, 0.15) is 23.5 Å². The van der Waals surface area contributed by atoms with Crippen LogP contribution in [0.15, 0.2) is 48.6 Å². The van der Waals surface area contributed by atoms with Crippen molar-refractivity contribution in [1.29, 1.82) is 0 Å². The van der Waals surface area contributed by atoms with Crippen LogP contribution in [0.4, 0.5) is 10.2 Å². The van der Waals surface area contributed by atoms with Crippen LogP contribution in [0.3, 0.4) is 0 Å². The molecule has 2 aromatic carbocycles. The first-order valence-electron chi connectivity index (χ1n) is 16.8. The van der Waals surface area contributed by atoms with Crippen molar-refractivity contribution in [1.82, 2.24) is 14.6 Å². The zero-order valence-electron chi connectivity index (χ0n) is 28.7. The lowest BCUT2D eigenvalue weighted by Gasteiger charge is -2.41. The first-order chi connectivity index (χ1) is 22.9. The summed E-state index contributed by atoms with van der Waals surface area (Å²) in [6, 6.07) is 11.4. The van der Waals surface area contributed by atoms with E-state index >= 15 is 4.39 Å². The van der Waals surface area contributed by atoms with Crippen molar-refractivity contribution < 1.29 is 28.1 Å². The van der Waals surface area contributed by atoms with Crippen molar-refractivity contribution in [3.63, 3.8) is 0 Å². The molecule has 2 atom stereocenters. The molecule has 4 aliphatic heterocycles. The smallest absolute Gasteiger partial charge is 0.340 e. The third-order valence-corrected chi connectivity index (χ3v) is 9.48. The number of rotatable bonds is 4. The van der Waals surface area contributed by atoms with E-state index in [0.717, 1.165) is 35.3 Å². The second kappa shape index (κ2) is 12.0. The lowest BCUT2D eigenvalue weighted by Crippen LogP contribution is -2.45. The number of carbonyl (C=O) groups is 1. The number of nitrogens with zero attached hydrogens (tertiary/aromatic N) is 4. The number of ether oxygens (including phenoxy) is 4. The lowest BCUT2D eigenvalue weighted by atomic mass is 9.87. The van der Waals surface area contributed by atoms with Crippen molar-refractivity contribution in [3.8, 4) is 28.1 Å². The zero-order chi connectivity index (χ0) is 34.0. The third kappa shape index (κ3) is 5.64. The third-order valence-electron chi connectivity index (χ3n) is 9.48. The van der Waals surface area contributed by atoms with Gasteiger partial charge < -0.3 is 23.8 Å². The Morgan fingerprint density at radius 2 is 1.90 bits per heavy atom. The second-order valence-corrected chi connectivity index (χ2v) is 14.1. The van der Waals surface area contributed by atoms with Gasteiger partial charge in [-0.1, -0.05) is 30.3 Å². The number of hydrogen-bond donors (Lipinski definition) is 0. The van der Waals surface area contributed by atoms with Gasteiger partial charge in [0, 0.05) is 36.0 Å². The molecule has 1 saturated heterocycles. The van der Waals surface area contributed by atoms with Gasteiger partial charge in [-0.05, 0) is 84.6 Å². The van der Waals surface area contributed by atoms with Crippen molar-refractivity contribution in [3.05, 3.63) is 76.8 Å². The average molecular weight is 655 g/mol. The quantitative estimate of drug-likeness (QED) is 0.164. The van der Waals surface area contributed by atoms with Gasteiger partial charge in [0.05, 0.1) is 41.2 Å². The van der Waals surface area contributed by atoms with Crippen molar-refractivity contribution >= 4 is 17.4 Å². The van der Waals surface area contributed by atoms with Gasteiger partial charge in [-0.25, -0.2) is 14.2 Å². The van der Waals surface area contributed by atoms with Crippen LogP contribution in [0.2, 0.25) is 0 Å². The number of benzene rings is 2. The van der Waals surface area contributed by atoms with Crippen LogP contribution in [0.25, 0.3) is 28.0 Å². The molecule has 0 unspecified atom stereocenters. The first-order valence-corrected chi connectivity index (χ1v) is 16.8. The molecule has 48 heavy (non-hydrogen) atoms. The van der Waals surface area contributed by atoms with Crippen LogP contribution < -0.4 is 9.64 Å². The van der Waals surface area contributed by atoms with Gasteiger partial charge in [-0.15, -0.1) is 0 Å². The molecule has 0 spiro atoms. The van der Waals surface area contributed by atoms with E-state index in [2.05, 4.69) is 11.8 Å². The van der Waals surface area contributed by atoms with E-state index in [-0.39, 0.29) is 18.0 Å². The minimum absolute atomic E-state index is 0.220. The molecule has 6 heterocycles. The Bertz CT molecular complexity index is 1940. The molecular weight excluding hydrogens is 611 g/mol. The molecule has 0 N–H and O–H groups in total. The highest BCUT2D eigenvalue weighted by atomic mass is 19.1. The SMILES string of the molecule is CCOC(=O)[C@@H](OC(C)(C)C)c1c(C)nc2cc3nn2c1N1CCC(C)(CC1)OC/C=C/[C@H]1Oc2ccc(C)c(F)c2-c2cccc-3c21. The van der Waals surface area contributed by atoms with E-state index in [1.54, 1.807) is 19.9 Å². The van der Waals surface area contributed by atoms with E-state index in [4.69, 9.17) is 29.0 Å². The number of carbonyl (C=O) groups excluding carboxylic acids is 1. The maximum absolute atomic E-state index is 15.8. The summed E-state index contributed by atoms with van der Waals surface area (Å²) in [5, 5.41) is 5.19. The predicted octanol–water partition coefficient (Wildman–Crippen LogP) is 7.62. The molecule has 4 aliphatic rings. The van der Waals surface area contributed by atoms with Crippen molar-refractivity contribution in [2.24, 2.45) is 0 Å². The maximum Gasteiger partial charge on any atom is 0.340 e. The molecular formula is C38H43FN4O5. The Hall–Kier alpha value is -4.28. The number of aryl methyl sites for hydroxylation is 2. The number of aromatic nitrogens is 3. The highest BCUT2D eigenvalue weighted by Crippen LogP contribution is 2.48. The summed E-state index contributed by atoms with van der Waals surface area (Å²) < 4.78 is 42.7. The molecule has 8 rings (SSSR count). The lowest BCUT2D eigenvalue weighted by molar-refractivity contribution is -0.166. The second-order valence-electron chi connectivity index (χ2n) is 14.1. The molecule has 9 nitrogen and oxygen atoms in total. The fourth-order valence-electron chi connectivity index (χ4n) is 7.07. The number of hydrogen-bond acceptors (Lipinski definition) is 8. The summed E-state index contributed by atoms with van der Waals surface area (Å²) in [6.45, 7) is 15.3. The summed E-state index contributed by atoms with van der Waals surface area (Å²) >= 11 is 0. The van der Waals surface area contributed by atoms with E-state index in [9.17, 15) is 4.79 Å². The Morgan fingerprint density at radius 1 is 1.15 bits per heavy atom. The molecule has 252 valence electrons. The maximum atomic E-state index is 15.8. The molecule has 1 fully saturated rings. The Kier molecular flexibility index (Phi) is 8.07. The topological polar surface area (TPSA) is 87.4 Å². The van der Waals surface area contributed by atoms with Crippen molar-refractivity contribution in [2.75, 3.05) is 31.2 Å². The zero-order valence-corrected chi connectivity index (χ0v) is 28.7. The number of esters is 1. The van der Waals surface area contributed by atoms with Gasteiger partial charge in [0.15, 0.2) is 11.8 Å². The summed E-state index contributed by atoms with van der Waals surface area (Å²) in [4.78, 5) is 20.9. The summed E-state index contributed by atoms with van der Waals surface area (Å²) in [5.74, 6) is 0.465. The monoisotopic (exact) mass is 654 g/mol. The highest BCUT2D eigenvalue weighted by molar-refractivity contribution is 5.85. The Balaban J connectivity index is 1.51. The number of fused-ring (bicyclic) bond motifs is 6. The number of halogens is 1. The van der Waals surface area contributed by atoms with E-state index in [1.807, 2.05) is 74.7 Å². The van der Waals surface area contributed by atoms with Crippen LogP contribution in [-0.2, 0) is 19.0 Å². The fraction of sp³-hybridized carbons (Fsp3) is 0.447. The van der Waals surface area contributed by atoms with Gasteiger partial charge in [0.25, 0.3) is 0 Å². The molecule has 0 saturated carbocycles. The molecule has 10 heteroatoms. The fourth-order valence-corrected chi connectivity index (χ4v) is 7.07. The summed E-state index contributed by atoms with van der Waals surface area (Å²) in [7, 11) is 0. The summed E-state index contributed by atoms with van der Waals surface area (Å²) in [5.41, 5.74) is 4.93. The first kappa shape index (κ1) is 32.3. The van der Waals surface area contributed by atoms with Crippen LogP contribution in [0.5, 0.6) is 5.75 Å². The van der Waals surface area contributed by atoms with E-state index < -0.39 is 23.8 Å². The Labute approximate surface area is 280 Å². The standard InChI is InChI=1S/C38H43FN4O5/c1-8-45-36(44)34(48-37(4,5)6)30-23(3)40-29-21-26-24-11-9-12-25-31(24)27(47-28-15-14-22(2)33(39)32(25)28)13-10-20-46-38(7)16-18-42(19-17-38)35(30)43(29)41-26/h9-15,21,27,34H,8,16-20H2,1-7H3/b13-10+/t27-,34+/m1/s1. The molecule has 0 radical (unpaired) electrons. The van der Waals surface area contributed by atoms with Crippen LogP contribution in [0, 0.1) is 19.7 Å². The summed E-state index contributed by atoms with van der Waals surface area (Å²) in [6.07, 6.45) is 3.99. The van der Waals surface area contributed by atoms with Gasteiger partial charge >= 0.3 is 5.97 Å². The molecule has 2 aromatic heterocycles.